The van der Waals surface area contributed by atoms with E-state index in [-0.39, 0.29) is 37.6 Å². The van der Waals surface area contributed by atoms with Crippen molar-refractivity contribution in [2.45, 2.75) is 19.9 Å². The molecule has 0 aliphatic rings. The minimum absolute atomic E-state index is 0.00752. The summed E-state index contributed by atoms with van der Waals surface area (Å²) in [7, 11) is -3.60. The Bertz CT molecular complexity index is 596. The molecule has 0 aromatic carbocycles. The van der Waals surface area contributed by atoms with Crippen molar-refractivity contribution in [1.82, 2.24) is 19.7 Å². The smallest absolute Gasteiger partial charge is 0.358 e. The van der Waals surface area contributed by atoms with Gasteiger partial charge in [0, 0.05) is 6.54 Å². The largest absolute Gasteiger partial charge is 0.476 e. The molecule has 0 saturated heterocycles. The molecule has 0 aliphatic carbocycles. The van der Waals surface area contributed by atoms with Gasteiger partial charge in [0.1, 0.15) is 0 Å². The third-order valence-corrected chi connectivity index (χ3v) is 3.69. The number of aromatic nitrogens is 3. The average molecular weight is 320 g/mol. The van der Waals surface area contributed by atoms with Gasteiger partial charge in [-0.15, -0.1) is 5.10 Å². The van der Waals surface area contributed by atoms with E-state index >= 15 is 0 Å². The number of carbonyl (C=O) groups excluding carboxylic acids is 1. The highest BCUT2D eigenvalue weighted by Crippen LogP contribution is 1.95. The molecular weight excluding hydrogens is 304 g/mol. The lowest BCUT2D eigenvalue weighted by molar-refractivity contribution is -0.142. The van der Waals surface area contributed by atoms with E-state index in [1.165, 1.54) is 10.9 Å². The number of rotatable bonds is 9. The summed E-state index contributed by atoms with van der Waals surface area (Å²) < 4.78 is 31.3. The van der Waals surface area contributed by atoms with Crippen LogP contribution in [0.15, 0.2) is 6.20 Å². The summed E-state index contributed by atoms with van der Waals surface area (Å²) in [5, 5.41) is 15.6. The number of hydrogen-bond acceptors (Lipinski definition) is 7. The average Bonchev–Trinajstić information content (AvgIpc) is 2.86. The Kier molecular flexibility index (Phi) is 6.24. The van der Waals surface area contributed by atoms with Gasteiger partial charge in [0.2, 0.25) is 10.0 Å². The van der Waals surface area contributed by atoms with E-state index in [9.17, 15) is 18.0 Å². The first kappa shape index (κ1) is 17.0. The van der Waals surface area contributed by atoms with Crippen LogP contribution in [0.3, 0.4) is 0 Å². The zero-order valence-electron chi connectivity index (χ0n) is 11.4. The first-order valence-electron chi connectivity index (χ1n) is 6.10. The number of sulfonamides is 1. The Morgan fingerprint density at radius 1 is 1.48 bits per heavy atom. The second-order valence-electron chi connectivity index (χ2n) is 3.94. The van der Waals surface area contributed by atoms with Gasteiger partial charge < -0.3 is 9.84 Å². The first-order valence-corrected chi connectivity index (χ1v) is 7.75. The molecule has 1 rings (SSSR count). The quantitative estimate of drug-likeness (QED) is 0.543. The van der Waals surface area contributed by atoms with E-state index in [1.54, 1.807) is 6.92 Å². The molecule has 1 heterocycles. The predicted octanol–water partition coefficient (Wildman–Crippen LogP) is -1.15. The van der Waals surface area contributed by atoms with Crippen molar-refractivity contribution in [3.63, 3.8) is 0 Å². The monoisotopic (exact) mass is 320 g/mol. The summed E-state index contributed by atoms with van der Waals surface area (Å²) in [4.78, 5) is 21.6. The Morgan fingerprint density at radius 2 is 2.19 bits per heavy atom. The lowest BCUT2D eigenvalue weighted by Gasteiger charge is -2.06. The molecule has 10 nitrogen and oxygen atoms in total. The minimum Gasteiger partial charge on any atom is -0.476 e. The molecule has 0 spiro atoms. The molecule has 0 atom stereocenters. The van der Waals surface area contributed by atoms with Gasteiger partial charge >= 0.3 is 11.9 Å². The molecule has 0 saturated carbocycles. The summed E-state index contributed by atoms with van der Waals surface area (Å²) in [6.45, 7) is 1.96. The van der Waals surface area contributed by atoms with Crippen LogP contribution in [-0.2, 0) is 26.1 Å². The Hall–Kier alpha value is -2.01. The number of hydrogen-bond donors (Lipinski definition) is 2. The van der Waals surface area contributed by atoms with Crippen LogP contribution in [0.2, 0.25) is 0 Å². The van der Waals surface area contributed by atoms with Gasteiger partial charge in [0.05, 0.1) is 31.5 Å². The summed E-state index contributed by atoms with van der Waals surface area (Å²) in [5.74, 6) is -2.16. The zero-order valence-corrected chi connectivity index (χ0v) is 12.2. The molecule has 0 unspecified atom stereocenters. The summed E-state index contributed by atoms with van der Waals surface area (Å²) in [6, 6.07) is 0. The van der Waals surface area contributed by atoms with Crippen molar-refractivity contribution in [2.75, 3.05) is 18.9 Å². The fraction of sp³-hybridized carbons (Fsp3) is 0.600. The maximum Gasteiger partial charge on any atom is 0.358 e. The maximum atomic E-state index is 11.6. The number of ether oxygens (including phenoxy) is 1. The van der Waals surface area contributed by atoms with E-state index in [2.05, 4.69) is 19.8 Å². The molecule has 0 aliphatic heterocycles. The number of carboxylic acid groups (broad SMARTS) is 1. The van der Waals surface area contributed by atoms with E-state index < -0.39 is 22.0 Å². The summed E-state index contributed by atoms with van der Waals surface area (Å²) >= 11 is 0. The van der Waals surface area contributed by atoms with Crippen LogP contribution in [0.5, 0.6) is 0 Å². The Morgan fingerprint density at radius 3 is 2.76 bits per heavy atom. The number of esters is 1. The van der Waals surface area contributed by atoms with Gasteiger partial charge in [0.15, 0.2) is 5.69 Å². The molecule has 21 heavy (non-hydrogen) atoms. The van der Waals surface area contributed by atoms with E-state index in [4.69, 9.17) is 5.11 Å². The van der Waals surface area contributed by atoms with Crippen molar-refractivity contribution in [1.29, 1.82) is 0 Å². The molecule has 11 heteroatoms. The topological polar surface area (TPSA) is 140 Å². The molecular formula is C10H16N4O6S. The molecule has 2 N–H and O–H groups in total. The van der Waals surface area contributed by atoms with Crippen molar-refractivity contribution in [3.8, 4) is 0 Å². The third kappa shape index (κ3) is 6.31. The Balaban J connectivity index is 2.36. The lowest BCUT2D eigenvalue weighted by atomic mass is 10.5. The standard InChI is InChI=1S/C10H16N4O6S/c1-2-20-9(15)3-6-21(18,19)11-4-5-14-7-8(10(16)17)12-13-14/h7,11H,2-6H2,1H3,(H,16,17). The highest BCUT2D eigenvalue weighted by atomic mass is 32.2. The van der Waals surface area contributed by atoms with E-state index in [0.717, 1.165) is 0 Å². The minimum atomic E-state index is -3.60. The van der Waals surface area contributed by atoms with Crippen LogP contribution in [0.25, 0.3) is 0 Å². The maximum absolute atomic E-state index is 11.6. The van der Waals surface area contributed by atoms with Crippen LogP contribution < -0.4 is 4.72 Å². The molecule has 0 amide bonds. The fourth-order valence-corrected chi connectivity index (χ4v) is 2.33. The molecule has 1 aromatic heterocycles. The lowest BCUT2D eigenvalue weighted by Crippen LogP contribution is -2.30. The Labute approximate surface area is 121 Å². The van der Waals surface area contributed by atoms with Gasteiger partial charge in [-0.3, -0.25) is 9.48 Å². The van der Waals surface area contributed by atoms with Gasteiger partial charge in [-0.25, -0.2) is 17.9 Å². The molecule has 118 valence electrons. The predicted molar refractivity (Wildman–Crippen MR) is 70.0 cm³/mol. The second kappa shape index (κ2) is 7.69. The molecule has 0 bridgehead atoms. The molecule has 0 radical (unpaired) electrons. The van der Waals surface area contributed by atoms with Crippen molar-refractivity contribution in [2.24, 2.45) is 0 Å². The molecule has 1 aromatic rings. The third-order valence-electron chi connectivity index (χ3n) is 2.30. The van der Waals surface area contributed by atoms with E-state index in [1.807, 2.05) is 0 Å². The van der Waals surface area contributed by atoms with Gasteiger partial charge in [-0.05, 0) is 6.92 Å². The van der Waals surface area contributed by atoms with Crippen LogP contribution in [0.4, 0.5) is 0 Å². The van der Waals surface area contributed by atoms with Crippen molar-refractivity contribution >= 4 is 22.0 Å². The summed E-state index contributed by atoms with van der Waals surface area (Å²) in [5.41, 5.74) is -0.222. The van der Waals surface area contributed by atoms with Crippen LogP contribution in [0.1, 0.15) is 23.8 Å². The number of aromatic carboxylic acids is 1. The van der Waals surface area contributed by atoms with Gasteiger partial charge in [-0.1, -0.05) is 5.21 Å². The first-order chi connectivity index (χ1) is 9.84. The van der Waals surface area contributed by atoms with Crippen LogP contribution >= 0.6 is 0 Å². The number of nitrogens with zero attached hydrogens (tertiary/aromatic N) is 3. The van der Waals surface area contributed by atoms with Crippen LogP contribution in [-0.4, -0.2) is 59.4 Å². The molecule has 0 fully saturated rings. The van der Waals surface area contributed by atoms with Gasteiger partial charge in [-0.2, -0.15) is 0 Å². The SMILES string of the molecule is CCOC(=O)CCS(=O)(=O)NCCn1cc(C(=O)O)nn1. The number of carboxylic acids is 1. The second-order valence-corrected chi connectivity index (χ2v) is 5.87. The number of carbonyl (C=O) groups is 2. The highest BCUT2D eigenvalue weighted by molar-refractivity contribution is 7.89. The normalized spacial score (nSPS) is 11.3. The van der Waals surface area contributed by atoms with Crippen LogP contribution in [0, 0.1) is 0 Å². The zero-order chi connectivity index (χ0) is 15.9. The van der Waals surface area contributed by atoms with Crippen molar-refractivity contribution in [3.05, 3.63) is 11.9 Å². The highest BCUT2D eigenvalue weighted by Gasteiger charge is 2.14. The van der Waals surface area contributed by atoms with Gasteiger partial charge in [0.25, 0.3) is 0 Å². The fourth-order valence-electron chi connectivity index (χ4n) is 1.34. The van der Waals surface area contributed by atoms with Crippen molar-refractivity contribution < 1.29 is 27.9 Å². The number of nitrogens with one attached hydrogen (secondary N) is 1. The van der Waals surface area contributed by atoms with E-state index in [0.29, 0.717) is 0 Å². The summed E-state index contributed by atoms with van der Waals surface area (Å²) in [6.07, 6.45) is 0.963.